The summed E-state index contributed by atoms with van der Waals surface area (Å²) in [4.78, 5) is 0. The Balaban J connectivity index is 2.51. The zero-order chi connectivity index (χ0) is 12.1. The van der Waals surface area contributed by atoms with Crippen LogP contribution in [0.15, 0.2) is 6.07 Å². The van der Waals surface area contributed by atoms with Gasteiger partial charge in [0.05, 0.1) is 12.7 Å². The normalized spacial score (nSPS) is 22.0. The SMILES string of the molecule is COc1cc(C)c(C2OC2(C)C)c(C)c1C. The summed E-state index contributed by atoms with van der Waals surface area (Å²) in [5.74, 6) is 0.970. The van der Waals surface area contributed by atoms with E-state index < -0.39 is 0 Å². The van der Waals surface area contributed by atoms with E-state index in [-0.39, 0.29) is 11.7 Å². The van der Waals surface area contributed by atoms with Crippen molar-refractivity contribution in [3.63, 3.8) is 0 Å². The molecule has 1 atom stereocenters. The van der Waals surface area contributed by atoms with E-state index in [4.69, 9.17) is 9.47 Å². The van der Waals surface area contributed by atoms with E-state index in [9.17, 15) is 0 Å². The fourth-order valence-electron chi connectivity index (χ4n) is 2.36. The van der Waals surface area contributed by atoms with Gasteiger partial charge < -0.3 is 9.47 Å². The molecule has 0 spiro atoms. The molecule has 0 amide bonds. The van der Waals surface area contributed by atoms with Gasteiger partial charge in [0.2, 0.25) is 0 Å². The van der Waals surface area contributed by atoms with E-state index in [1.165, 1.54) is 22.3 Å². The van der Waals surface area contributed by atoms with Gasteiger partial charge in [-0.3, -0.25) is 0 Å². The third-order valence-electron chi connectivity index (χ3n) is 3.59. The minimum atomic E-state index is -0.00342. The van der Waals surface area contributed by atoms with Crippen molar-refractivity contribution in [3.8, 4) is 5.75 Å². The Morgan fingerprint density at radius 1 is 1.19 bits per heavy atom. The number of hydrogen-bond acceptors (Lipinski definition) is 2. The summed E-state index contributed by atoms with van der Waals surface area (Å²) in [6, 6.07) is 2.11. The number of benzene rings is 1. The third-order valence-corrected chi connectivity index (χ3v) is 3.59. The molecule has 2 nitrogen and oxygen atoms in total. The van der Waals surface area contributed by atoms with Crippen LogP contribution in [0.4, 0.5) is 0 Å². The molecule has 0 N–H and O–H groups in total. The van der Waals surface area contributed by atoms with E-state index in [0.29, 0.717) is 0 Å². The first-order valence-electron chi connectivity index (χ1n) is 5.71. The molecule has 1 fully saturated rings. The summed E-state index contributed by atoms with van der Waals surface area (Å²) in [6.45, 7) is 10.7. The molecule has 1 unspecified atom stereocenters. The minimum Gasteiger partial charge on any atom is -0.496 e. The van der Waals surface area contributed by atoms with Crippen molar-refractivity contribution in [1.82, 2.24) is 0 Å². The second-order valence-electron chi connectivity index (χ2n) is 5.16. The quantitative estimate of drug-likeness (QED) is 0.712. The Kier molecular flexibility index (Phi) is 2.50. The van der Waals surface area contributed by atoms with Crippen LogP contribution in [0.1, 0.15) is 42.2 Å². The van der Waals surface area contributed by atoms with Crippen molar-refractivity contribution >= 4 is 0 Å². The topological polar surface area (TPSA) is 21.8 Å². The maximum atomic E-state index is 5.74. The maximum Gasteiger partial charge on any atom is 0.122 e. The van der Waals surface area contributed by atoms with Crippen LogP contribution < -0.4 is 4.74 Å². The highest BCUT2D eigenvalue weighted by atomic mass is 16.6. The van der Waals surface area contributed by atoms with E-state index in [2.05, 4.69) is 40.7 Å². The van der Waals surface area contributed by atoms with Crippen molar-refractivity contribution in [2.45, 2.75) is 46.3 Å². The highest BCUT2D eigenvalue weighted by molar-refractivity contribution is 5.50. The summed E-state index contributed by atoms with van der Waals surface area (Å²) in [5, 5.41) is 0. The largest absolute Gasteiger partial charge is 0.496 e. The lowest BCUT2D eigenvalue weighted by Crippen LogP contribution is -2.03. The average molecular weight is 220 g/mol. The maximum absolute atomic E-state index is 5.74. The number of hydrogen-bond donors (Lipinski definition) is 0. The van der Waals surface area contributed by atoms with Gasteiger partial charge in [-0.1, -0.05) is 0 Å². The van der Waals surface area contributed by atoms with Crippen LogP contribution in [0.2, 0.25) is 0 Å². The predicted molar refractivity (Wildman–Crippen MR) is 65.1 cm³/mol. The molecule has 0 aliphatic carbocycles. The summed E-state index contributed by atoms with van der Waals surface area (Å²) >= 11 is 0. The minimum absolute atomic E-state index is 0.00342. The van der Waals surface area contributed by atoms with Gasteiger partial charge in [0.25, 0.3) is 0 Å². The van der Waals surface area contributed by atoms with Gasteiger partial charge in [0, 0.05) is 0 Å². The Morgan fingerprint density at radius 2 is 1.75 bits per heavy atom. The number of ether oxygens (including phenoxy) is 2. The molecule has 2 rings (SSSR count). The van der Waals surface area contributed by atoms with Gasteiger partial charge in [0.1, 0.15) is 11.9 Å². The van der Waals surface area contributed by atoms with Crippen LogP contribution in [0.3, 0.4) is 0 Å². The Labute approximate surface area is 97.6 Å². The summed E-state index contributed by atoms with van der Waals surface area (Å²) < 4.78 is 11.1. The number of rotatable bonds is 2. The Hall–Kier alpha value is -1.02. The number of methoxy groups -OCH3 is 1. The fraction of sp³-hybridized carbons (Fsp3) is 0.571. The first-order valence-corrected chi connectivity index (χ1v) is 5.71. The lowest BCUT2D eigenvalue weighted by Gasteiger charge is -2.15. The van der Waals surface area contributed by atoms with Crippen molar-refractivity contribution in [1.29, 1.82) is 0 Å². The molecule has 2 heteroatoms. The molecule has 16 heavy (non-hydrogen) atoms. The molecule has 1 saturated heterocycles. The highest BCUT2D eigenvalue weighted by Gasteiger charge is 2.50. The Morgan fingerprint density at radius 3 is 2.19 bits per heavy atom. The Bertz CT molecular complexity index is 433. The molecule has 0 saturated carbocycles. The predicted octanol–water partition coefficient (Wildman–Crippen LogP) is 3.47. The summed E-state index contributed by atoms with van der Waals surface area (Å²) in [7, 11) is 1.72. The van der Waals surface area contributed by atoms with Crippen molar-refractivity contribution in [2.75, 3.05) is 7.11 Å². The molecule has 1 aromatic rings. The molecule has 1 aliphatic heterocycles. The van der Waals surface area contributed by atoms with Gasteiger partial charge >= 0.3 is 0 Å². The molecule has 1 heterocycles. The molecule has 1 aliphatic rings. The zero-order valence-electron chi connectivity index (χ0n) is 11.0. The van der Waals surface area contributed by atoms with E-state index in [1.807, 2.05) is 0 Å². The second kappa shape index (κ2) is 3.49. The van der Waals surface area contributed by atoms with Gasteiger partial charge in [-0.2, -0.15) is 0 Å². The van der Waals surface area contributed by atoms with Gasteiger partial charge in [0.15, 0.2) is 0 Å². The van der Waals surface area contributed by atoms with Crippen LogP contribution in [-0.2, 0) is 4.74 Å². The van der Waals surface area contributed by atoms with Gasteiger partial charge in [-0.15, -0.1) is 0 Å². The van der Waals surface area contributed by atoms with Gasteiger partial charge in [-0.25, -0.2) is 0 Å². The van der Waals surface area contributed by atoms with Crippen molar-refractivity contribution in [3.05, 3.63) is 28.3 Å². The summed E-state index contributed by atoms with van der Waals surface area (Å²) in [6.07, 6.45) is 0.247. The number of aryl methyl sites for hydroxylation is 1. The smallest absolute Gasteiger partial charge is 0.122 e. The fourth-order valence-corrected chi connectivity index (χ4v) is 2.36. The monoisotopic (exact) mass is 220 g/mol. The zero-order valence-corrected chi connectivity index (χ0v) is 11.0. The summed E-state index contributed by atoms with van der Waals surface area (Å²) in [5.41, 5.74) is 5.11. The average Bonchev–Trinajstić information content (AvgIpc) is 2.81. The highest BCUT2D eigenvalue weighted by Crippen LogP contribution is 2.51. The molecule has 0 radical (unpaired) electrons. The third kappa shape index (κ3) is 1.61. The van der Waals surface area contributed by atoms with E-state index in [0.717, 1.165) is 5.75 Å². The molecule has 0 bridgehead atoms. The van der Waals surface area contributed by atoms with Crippen molar-refractivity contribution < 1.29 is 9.47 Å². The lowest BCUT2D eigenvalue weighted by molar-refractivity contribution is 0.325. The lowest BCUT2D eigenvalue weighted by atomic mass is 9.91. The van der Waals surface area contributed by atoms with E-state index in [1.54, 1.807) is 7.11 Å². The molecular weight excluding hydrogens is 200 g/mol. The van der Waals surface area contributed by atoms with Crippen LogP contribution in [0.5, 0.6) is 5.75 Å². The van der Waals surface area contributed by atoms with Crippen molar-refractivity contribution in [2.24, 2.45) is 0 Å². The first-order chi connectivity index (χ1) is 7.38. The van der Waals surface area contributed by atoms with Crippen LogP contribution >= 0.6 is 0 Å². The first kappa shape index (κ1) is 11.5. The molecule has 0 aromatic heterocycles. The number of epoxide rings is 1. The van der Waals surface area contributed by atoms with Gasteiger partial charge in [-0.05, 0) is 62.9 Å². The standard InChI is InChI=1S/C14H20O2/c1-8-7-11(15-6)9(2)10(3)12(8)13-14(4,5)16-13/h7,13H,1-6H3. The van der Waals surface area contributed by atoms with E-state index >= 15 is 0 Å². The van der Waals surface area contributed by atoms with Crippen LogP contribution in [0.25, 0.3) is 0 Å². The molecule has 88 valence electrons. The molecular formula is C14H20O2. The second-order valence-corrected chi connectivity index (χ2v) is 5.16. The molecule has 1 aromatic carbocycles. The van der Waals surface area contributed by atoms with Crippen LogP contribution in [0, 0.1) is 20.8 Å². The van der Waals surface area contributed by atoms with Crippen LogP contribution in [-0.4, -0.2) is 12.7 Å².